The quantitative estimate of drug-likeness (QED) is 0.542. The molecular formula is C16H28. The molecule has 0 fully saturated rings. The van der Waals surface area contributed by atoms with E-state index in [0.717, 1.165) is 5.92 Å². The van der Waals surface area contributed by atoms with E-state index < -0.39 is 0 Å². The Hall–Kier alpha value is -0.780. The lowest BCUT2D eigenvalue weighted by molar-refractivity contribution is 0.587. The van der Waals surface area contributed by atoms with Crippen LogP contribution in [0.3, 0.4) is 0 Å². The third-order valence-corrected chi connectivity index (χ3v) is 2.99. The van der Waals surface area contributed by atoms with Crippen LogP contribution in [0, 0.1) is 6.92 Å². The molecule has 0 bridgehead atoms. The van der Waals surface area contributed by atoms with Crippen LogP contribution in [0.5, 0.6) is 0 Å². The molecule has 1 aromatic carbocycles. The van der Waals surface area contributed by atoms with Crippen LogP contribution in [-0.4, -0.2) is 0 Å². The number of rotatable bonds is 0. The van der Waals surface area contributed by atoms with Crippen molar-refractivity contribution in [1.29, 1.82) is 0 Å². The average Bonchev–Trinajstić information content (AvgIpc) is 2.34. The molecule has 1 aromatic rings. The van der Waals surface area contributed by atoms with Gasteiger partial charge in [-0.1, -0.05) is 52.8 Å². The molecule has 0 heterocycles. The maximum Gasteiger partial charge on any atom is -0.0185 e. The fourth-order valence-corrected chi connectivity index (χ4v) is 2.41. The zero-order valence-electron chi connectivity index (χ0n) is 11.9. The molecule has 1 aliphatic carbocycles. The highest BCUT2D eigenvalue weighted by Crippen LogP contribution is 2.32. The van der Waals surface area contributed by atoms with Gasteiger partial charge in [0, 0.05) is 0 Å². The second kappa shape index (κ2) is 8.38. The molecule has 0 nitrogen and oxygen atoms in total. The minimum Gasteiger partial charge on any atom is -0.0683 e. The van der Waals surface area contributed by atoms with E-state index in [-0.39, 0.29) is 0 Å². The van der Waals surface area contributed by atoms with Gasteiger partial charge in [0.25, 0.3) is 0 Å². The van der Waals surface area contributed by atoms with E-state index in [2.05, 4.69) is 32.0 Å². The predicted molar refractivity (Wildman–Crippen MR) is 75.2 cm³/mol. The Morgan fingerprint density at radius 3 is 2.25 bits per heavy atom. The largest absolute Gasteiger partial charge is 0.0683 e. The van der Waals surface area contributed by atoms with E-state index in [1.165, 1.54) is 24.8 Å². The van der Waals surface area contributed by atoms with Crippen molar-refractivity contribution in [1.82, 2.24) is 0 Å². The SMILES string of the molecule is CC.CC.Cc1cccc2c1C(C)CCC2. The zero-order valence-corrected chi connectivity index (χ0v) is 11.9. The maximum absolute atomic E-state index is 2.35. The first-order valence-electron chi connectivity index (χ1n) is 6.87. The maximum atomic E-state index is 2.35. The molecule has 1 aliphatic rings. The molecule has 1 atom stereocenters. The Balaban J connectivity index is 0.000000509. The average molecular weight is 220 g/mol. The van der Waals surface area contributed by atoms with Crippen molar-refractivity contribution >= 4 is 0 Å². The third kappa shape index (κ3) is 3.66. The fraction of sp³-hybridized carbons (Fsp3) is 0.625. The minimum atomic E-state index is 0.787. The van der Waals surface area contributed by atoms with Crippen molar-refractivity contribution in [3.63, 3.8) is 0 Å². The first-order chi connectivity index (χ1) is 7.79. The molecule has 0 heteroatoms. The topological polar surface area (TPSA) is 0 Å². The van der Waals surface area contributed by atoms with Crippen LogP contribution in [0.1, 0.15) is 70.1 Å². The predicted octanol–water partition coefficient (Wildman–Crippen LogP) is 5.49. The molecule has 0 aromatic heterocycles. The van der Waals surface area contributed by atoms with Crippen LogP contribution >= 0.6 is 0 Å². The lowest BCUT2D eigenvalue weighted by Crippen LogP contribution is -2.08. The van der Waals surface area contributed by atoms with Crippen molar-refractivity contribution in [3.05, 3.63) is 34.9 Å². The second-order valence-electron chi connectivity index (χ2n) is 3.94. The van der Waals surface area contributed by atoms with Gasteiger partial charge in [0.05, 0.1) is 0 Å². The highest BCUT2D eigenvalue weighted by molar-refractivity contribution is 5.38. The Morgan fingerprint density at radius 1 is 1.06 bits per heavy atom. The zero-order chi connectivity index (χ0) is 12.6. The lowest BCUT2D eigenvalue weighted by atomic mass is 9.82. The summed E-state index contributed by atoms with van der Waals surface area (Å²) in [5.41, 5.74) is 4.71. The normalized spacial score (nSPS) is 17.2. The van der Waals surface area contributed by atoms with Gasteiger partial charge in [-0.25, -0.2) is 0 Å². The fourth-order valence-electron chi connectivity index (χ4n) is 2.41. The van der Waals surface area contributed by atoms with Crippen molar-refractivity contribution in [3.8, 4) is 0 Å². The van der Waals surface area contributed by atoms with E-state index in [1.807, 2.05) is 27.7 Å². The summed E-state index contributed by atoms with van der Waals surface area (Å²) in [5, 5.41) is 0. The summed E-state index contributed by atoms with van der Waals surface area (Å²) in [6, 6.07) is 6.71. The summed E-state index contributed by atoms with van der Waals surface area (Å²) >= 11 is 0. The van der Waals surface area contributed by atoms with Crippen LogP contribution in [0.4, 0.5) is 0 Å². The van der Waals surface area contributed by atoms with E-state index in [1.54, 1.807) is 11.1 Å². The van der Waals surface area contributed by atoms with Crippen LogP contribution < -0.4 is 0 Å². The molecule has 0 saturated heterocycles. The lowest BCUT2D eigenvalue weighted by Gasteiger charge is -2.24. The van der Waals surface area contributed by atoms with Gasteiger partial charge in [0.1, 0.15) is 0 Å². The highest BCUT2D eigenvalue weighted by Gasteiger charge is 2.17. The minimum absolute atomic E-state index is 0.787. The number of aryl methyl sites for hydroxylation is 2. The van der Waals surface area contributed by atoms with Crippen LogP contribution in [0.15, 0.2) is 18.2 Å². The second-order valence-corrected chi connectivity index (χ2v) is 3.94. The molecule has 16 heavy (non-hydrogen) atoms. The Bertz CT molecular complexity index is 286. The summed E-state index contributed by atoms with van der Waals surface area (Å²) in [6.45, 7) is 12.6. The third-order valence-electron chi connectivity index (χ3n) is 2.99. The van der Waals surface area contributed by atoms with Gasteiger partial charge in [0.2, 0.25) is 0 Å². The first-order valence-corrected chi connectivity index (χ1v) is 6.87. The van der Waals surface area contributed by atoms with Crippen molar-refractivity contribution < 1.29 is 0 Å². The van der Waals surface area contributed by atoms with Crippen LogP contribution in [-0.2, 0) is 6.42 Å². The van der Waals surface area contributed by atoms with E-state index in [4.69, 9.17) is 0 Å². The summed E-state index contributed by atoms with van der Waals surface area (Å²) in [5.74, 6) is 0.787. The highest BCUT2D eigenvalue weighted by atomic mass is 14.2. The summed E-state index contributed by atoms with van der Waals surface area (Å²) in [7, 11) is 0. The molecule has 2 rings (SSSR count). The van der Waals surface area contributed by atoms with E-state index in [0.29, 0.717) is 0 Å². The van der Waals surface area contributed by atoms with Gasteiger partial charge in [-0.3, -0.25) is 0 Å². The molecule has 0 aliphatic heterocycles. The molecular weight excluding hydrogens is 192 g/mol. The Morgan fingerprint density at radius 2 is 1.69 bits per heavy atom. The summed E-state index contributed by atoms with van der Waals surface area (Å²) in [6.07, 6.45) is 4.04. The van der Waals surface area contributed by atoms with E-state index in [9.17, 15) is 0 Å². The number of hydrogen-bond acceptors (Lipinski definition) is 0. The van der Waals surface area contributed by atoms with Gasteiger partial charge in [-0.2, -0.15) is 0 Å². The number of hydrogen-bond donors (Lipinski definition) is 0. The van der Waals surface area contributed by atoms with Crippen LogP contribution in [0.2, 0.25) is 0 Å². The smallest absolute Gasteiger partial charge is 0.0185 e. The van der Waals surface area contributed by atoms with Gasteiger partial charge in [-0.05, 0) is 48.8 Å². The van der Waals surface area contributed by atoms with Crippen molar-refractivity contribution in [2.24, 2.45) is 0 Å². The summed E-state index contributed by atoms with van der Waals surface area (Å²) in [4.78, 5) is 0. The monoisotopic (exact) mass is 220 g/mol. The molecule has 0 N–H and O–H groups in total. The molecule has 0 radical (unpaired) electrons. The molecule has 0 amide bonds. The van der Waals surface area contributed by atoms with Crippen molar-refractivity contribution in [2.75, 3.05) is 0 Å². The molecule has 0 saturated carbocycles. The van der Waals surface area contributed by atoms with Gasteiger partial charge < -0.3 is 0 Å². The Labute approximate surface area is 102 Å². The first kappa shape index (κ1) is 15.2. The number of fused-ring (bicyclic) bond motifs is 1. The summed E-state index contributed by atoms with van der Waals surface area (Å²) < 4.78 is 0. The Kier molecular flexibility index (Phi) is 7.97. The number of benzene rings is 1. The van der Waals surface area contributed by atoms with Crippen LogP contribution in [0.25, 0.3) is 0 Å². The molecule has 0 spiro atoms. The van der Waals surface area contributed by atoms with Gasteiger partial charge in [-0.15, -0.1) is 0 Å². The van der Waals surface area contributed by atoms with Crippen molar-refractivity contribution in [2.45, 2.75) is 66.7 Å². The molecule has 92 valence electrons. The molecule has 1 unspecified atom stereocenters. The van der Waals surface area contributed by atoms with Gasteiger partial charge in [0.15, 0.2) is 0 Å². The standard InChI is InChI=1S/C12H16.2C2H6/c1-9-5-3-7-11-8-4-6-10(2)12(9)11;2*1-2/h3,5,7,10H,4,6,8H2,1-2H3;2*1-2H3. The van der Waals surface area contributed by atoms with E-state index >= 15 is 0 Å². The van der Waals surface area contributed by atoms with Gasteiger partial charge >= 0.3 is 0 Å².